The van der Waals surface area contributed by atoms with Gasteiger partial charge in [0.15, 0.2) is 0 Å². The van der Waals surface area contributed by atoms with E-state index in [2.05, 4.69) is 328 Å². The van der Waals surface area contributed by atoms with Crippen LogP contribution in [0.2, 0.25) is 0 Å². The van der Waals surface area contributed by atoms with Gasteiger partial charge in [-0.25, -0.2) is 0 Å². The second-order valence-electron chi connectivity index (χ2n) is 37.2. The normalized spacial score (nSPS) is 17.9. The molecule has 15 rings (SSSR count). The molecular weight excluding hydrogens is 1530 g/mol. The van der Waals surface area contributed by atoms with E-state index < -0.39 is 0 Å². The molecule has 2 atom stereocenters. The van der Waals surface area contributed by atoms with Crippen molar-refractivity contribution < 1.29 is 9.53 Å². The second kappa shape index (κ2) is 49.7. The first-order valence-corrected chi connectivity index (χ1v) is 47.0. The third-order valence-electron chi connectivity index (χ3n) is 25.2. The lowest BCUT2D eigenvalue weighted by atomic mass is 9.96. The fourth-order valence-corrected chi connectivity index (χ4v) is 17.1. The van der Waals surface area contributed by atoms with Crippen LogP contribution in [0.15, 0.2) is 127 Å². The maximum atomic E-state index is 12.5. The maximum absolute atomic E-state index is 12.5. The number of nitrogens with zero attached hydrogens (tertiary/aromatic N) is 10. The van der Waals surface area contributed by atoms with Crippen LogP contribution in [0.5, 0.6) is 5.75 Å². The Kier molecular flexibility index (Phi) is 39.6. The first-order chi connectivity index (χ1) is 59.6. The number of aryl methyl sites for hydroxylation is 1. The Balaban J connectivity index is 0.000000164. The standard InChI is InChI=1S/C16H25N3O.C16H24N2.C15H21N3O.C15H21N3.C14H23N3.2C14H22N2/c1-12(2)13-5-6-15(19-9-7-17-8-10-19)14(11-13)16(20)18(3)4;1-12(2)14-5-6-16(15(11-14)13-3-4-13)18-9-7-17-8-10-18;1-11(2)12-8-13(10-16)15(14(9-12)19-3)18-6-4-17-5-7-18;1-11(2)13-8-12(3)15(14(9-13)10-16)18-6-4-17-5-7-18;1-11(2)12-4-5-14(13(10-12)15-3)17-8-6-16-7-9-17;1-11(2)13-4-6-14(7-5-13)16-9-8-15-12(3)10-16;1-11(2)13-4-6-14(7-5-13)16-9-8-15-10-12(16)3/h5-6,11-12,17H,7-10H2,1-4H3;5-6,11-13,17H,3-4,7-10H2,1-2H3;8-9,11,17H,4-7H2,1-3H3;8-9,11,17H,4-7H2,1-3H3;4-5,10-11,15-16H,6-9H2,1-3H3;2*4-7,11-12,15H,8-10H2,1-3H3/t;;;;;2*12-/m.....10/s1. The molecule has 7 aromatic rings. The monoisotopic (exact) mass is 1690 g/mol. The molecule has 7 aliphatic heterocycles. The van der Waals surface area contributed by atoms with Crippen LogP contribution in [0.3, 0.4) is 0 Å². The highest BCUT2D eigenvalue weighted by molar-refractivity contribution is 6.00. The van der Waals surface area contributed by atoms with Gasteiger partial charge in [-0.2, -0.15) is 10.5 Å². The minimum absolute atomic E-state index is 0.0843. The number of anilines is 8. The van der Waals surface area contributed by atoms with Crippen LogP contribution in [0, 0.1) is 29.6 Å². The number of nitrogens with one attached hydrogen (secondary N) is 8. The molecule has 0 spiro atoms. The highest BCUT2D eigenvalue weighted by Gasteiger charge is 2.30. The average molecular weight is 1690 g/mol. The van der Waals surface area contributed by atoms with Crippen LogP contribution >= 0.6 is 0 Å². The van der Waals surface area contributed by atoms with Crippen molar-refractivity contribution in [1.29, 1.82) is 10.5 Å². The maximum Gasteiger partial charge on any atom is 0.255 e. The first-order valence-electron chi connectivity index (χ1n) is 47.0. The van der Waals surface area contributed by atoms with Gasteiger partial charge in [0.05, 0.1) is 46.5 Å². The van der Waals surface area contributed by atoms with E-state index in [4.69, 9.17) is 4.74 Å². The van der Waals surface area contributed by atoms with E-state index in [-0.39, 0.29) is 5.91 Å². The Bertz CT molecular complexity index is 4450. The van der Waals surface area contributed by atoms with Crippen LogP contribution in [-0.4, -0.2) is 221 Å². The lowest BCUT2D eigenvalue weighted by Gasteiger charge is -2.36. The number of hydrogen-bond donors (Lipinski definition) is 8. The molecule has 8 aliphatic rings. The summed E-state index contributed by atoms with van der Waals surface area (Å²) in [5.41, 5.74) is 24.5. The van der Waals surface area contributed by atoms with E-state index in [0.717, 1.165) is 216 Å². The summed E-state index contributed by atoms with van der Waals surface area (Å²) in [4.78, 5) is 31.0. The van der Waals surface area contributed by atoms with Crippen LogP contribution in [0.25, 0.3) is 0 Å². The largest absolute Gasteiger partial charge is 0.495 e. The molecule has 8 fully saturated rings. The Morgan fingerprint density at radius 2 is 0.815 bits per heavy atom. The molecular formula is C104H158N18O2. The molecule has 7 aromatic carbocycles. The predicted octanol–water partition coefficient (Wildman–Crippen LogP) is 17.0. The van der Waals surface area contributed by atoms with E-state index in [1.165, 1.54) is 80.2 Å². The molecule has 1 amide bonds. The Morgan fingerprint density at radius 3 is 1.25 bits per heavy atom. The summed E-state index contributed by atoms with van der Waals surface area (Å²) in [5.74, 6) is 5.48. The van der Waals surface area contributed by atoms with E-state index in [0.29, 0.717) is 59.1 Å². The molecule has 8 N–H and O–H groups in total. The molecule has 20 heteroatoms. The number of nitriles is 2. The van der Waals surface area contributed by atoms with Crippen LogP contribution in [0.4, 0.5) is 45.5 Å². The van der Waals surface area contributed by atoms with E-state index >= 15 is 0 Å². The quantitative estimate of drug-likeness (QED) is 0.0404. The molecule has 124 heavy (non-hydrogen) atoms. The zero-order chi connectivity index (χ0) is 89.5. The summed E-state index contributed by atoms with van der Waals surface area (Å²) in [7, 11) is 7.30. The number of hydrogen-bond acceptors (Lipinski definition) is 19. The van der Waals surface area contributed by atoms with E-state index in [1.54, 1.807) is 17.6 Å². The van der Waals surface area contributed by atoms with Gasteiger partial charge in [0.25, 0.3) is 5.91 Å². The zero-order valence-electron chi connectivity index (χ0n) is 80.0. The summed E-state index contributed by atoms with van der Waals surface area (Å²) in [5, 5.41) is 45.9. The van der Waals surface area contributed by atoms with Crippen LogP contribution in [0.1, 0.15) is 243 Å². The van der Waals surface area contributed by atoms with Crippen molar-refractivity contribution in [1.82, 2.24) is 42.1 Å². The van der Waals surface area contributed by atoms with Gasteiger partial charge in [0.1, 0.15) is 17.9 Å². The molecule has 20 nitrogen and oxygen atoms in total. The highest BCUT2D eigenvalue weighted by atomic mass is 16.5. The zero-order valence-corrected chi connectivity index (χ0v) is 80.0. The molecule has 0 unspecified atom stereocenters. The van der Waals surface area contributed by atoms with Crippen molar-refractivity contribution in [3.05, 3.63) is 194 Å². The number of carbonyl (C=O) groups excluding carboxylic acids is 1. The lowest BCUT2D eigenvalue weighted by molar-refractivity contribution is 0.0828. The highest BCUT2D eigenvalue weighted by Crippen LogP contribution is 2.46. The van der Waals surface area contributed by atoms with Crippen molar-refractivity contribution >= 4 is 51.4 Å². The second-order valence-corrected chi connectivity index (χ2v) is 37.2. The Labute approximate surface area is 749 Å². The van der Waals surface area contributed by atoms with E-state index in [1.807, 2.05) is 27.2 Å². The third-order valence-corrected chi connectivity index (χ3v) is 25.2. The Morgan fingerprint density at radius 1 is 0.427 bits per heavy atom. The summed E-state index contributed by atoms with van der Waals surface area (Å²) in [6.07, 6.45) is 2.78. The number of piperazine rings is 7. The molecule has 7 heterocycles. The summed E-state index contributed by atoms with van der Waals surface area (Å²) in [6.45, 7) is 64.6. The lowest BCUT2D eigenvalue weighted by Crippen LogP contribution is -2.49. The fraction of sp³-hybridized carbons (Fsp3) is 0.567. The SMILES string of the molecule is CC(C)c1ccc(N2CCNCC2)c(C(=O)N(C)C)c1.CC(C)c1ccc(N2CCNCC2)c(C2CC2)c1.CC(C)c1ccc(N2CCNC[C@@H]2C)cc1.CC(C)c1ccc(N2CCN[C@H](C)C2)cc1.CNc1cc(C(C)C)ccc1N1CCNCC1.COc1cc(C(C)C)cc(C#N)c1N1CCNCC1.Cc1cc(C(C)C)cc(C#N)c1N1CCNCC1. The number of amides is 1. The topological polar surface area (TPSA) is 196 Å². The third kappa shape index (κ3) is 28.7. The summed E-state index contributed by atoms with van der Waals surface area (Å²) >= 11 is 0. The van der Waals surface area contributed by atoms with Crippen LogP contribution in [-0.2, 0) is 0 Å². The number of carbonyl (C=O) groups is 1. The van der Waals surface area contributed by atoms with Gasteiger partial charge in [0.2, 0.25) is 0 Å². The van der Waals surface area contributed by atoms with Gasteiger partial charge >= 0.3 is 0 Å². The average Bonchev–Trinajstić information content (AvgIpc) is 1.68. The van der Waals surface area contributed by atoms with Crippen molar-refractivity contribution in [2.45, 2.75) is 190 Å². The number of rotatable bonds is 18. The first kappa shape index (κ1) is 98.7. The molecule has 1 saturated carbocycles. The van der Waals surface area contributed by atoms with Gasteiger partial charge in [0, 0.05) is 226 Å². The minimum Gasteiger partial charge on any atom is -0.495 e. The van der Waals surface area contributed by atoms with Gasteiger partial charge < -0.3 is 86.5 Å². The predicted molar refractivity (Wildman–Crippen MR) is 529 cm³/mol. The molecule has 1 aliphatic carbocycles. The number of benzene rings is 7. The van der Waals surface area contributed by atoms with Gasteiger partial charge in [-0.1, -0.05) is 152 Å². The molecule has 0 radical (unpaired) electrons. The Hall–Kier alpha value is -9.09. The summed E-state index contributed by atoms with van der Waals surface area (Å²) < 4.78 is 5.52. The molecule has 0 bridgehead atoms. The van der Waals surface area contributed by atoms with E-state index in [9.17, 15) is 15.3 Å². The van der Waals surface area contributed by atoms with Gasteiger partial charge in [-0.05, 0) is 204 Å². The fourth-order valence-electron chi connectivity index (χ4n) is 17.1. The minimum atomic E-state index is 0.0843. The number of ether oxygens (including phenoxy) is 1. The van der Waals surface area contributed by atoms with Gasteiger partial charge in [-0.15, -0.1) is 0 Å². The van der Waals surface area contributed by atoms with Crippen molar-refractivity contribution in [2.24, 2.45) is 0 Å². The van der Waals surface area contributed by atoms with Crippen molar-refractivity contribution in [2.75, 3.05) is 238 Å². The molecule has 676 valence electrons. The summed E-state index contributed by atoms with van der Waals surface area (Å²) in [6, 6.07) is 52.5. The molecule has 0 aromatic heterocycles. The van der Waals surface area contributed by atoms with Gasteiger partial charge in [-0.3, -0.25) is 4.79 Å². The number of methoxy groups -OCH3 is 1. The van der Waals surface area contributed by atoms with Crippen molar-refractivity contribution in [3.8, 4) is 17.9 Å². The van der Waals surface area contributed by atoms with Crippen LogP contribution < -0.4 is 81.6 Å². The molecule has 7 saturated heterocycles. The smallest absolute Gasteiger partial charge is 0.255 e. The van der Waals surface area contributed by atoms with Crippen molar-refractivity contribution in [3.63, 3.8) is 0 Å².